The quantitative estimate of drug-likeness (QED) is 0.460. The zero-order valence-corrected chi connectivity index (χ0v) is 13.0. The van der Waals surface area contributed by atoms with Gasteiger partial charge in [0.25, 0.3) is 5.95 Å². The second kappa shape index (κ2) is 5.87. The Morgan fingerprint density at radius 3 is 2.50 bits per heavy atom. The van der Waals surface area contributed by atoms with Crippen molar-refractivity contribution in [2.75, 3.05) is 23.4 Å². The molecule has 1 aliphatic rings. The van der Waals surface area contributed by atoms with Crippen LogP contribution in [0.4, 0.5) is 11.9 Å². The number of nitrogens with two attached hydrogens (primary N) is 1. The molecule has 0 unspecified atom stereocenters. The normalized spacial score (nSPS) is 15.4. The van der Waals surface area contributed by atoms with Crippen molar-refractivity contribution in [1.82, 2.24) is 24.7 Å². The Hall–Kier alpha value is -1.49. The molecule has 3 heterocycles. The van der Waals surface area contributed by atoms with Crippen LogP contribution >= 0.6 is 22.6 Å². The molecule has 0 aromatic carbocycles. The fraction of sp³-hybridized carbons (Fsp3) is 0.455. The Morgan fingerprint density at radius 1 is 1.10 bits per heavy atom. The van der Waals surface area contributed by atoms with Crippen LogP contribution in [0.2, 0.25) is 0 Å². The highest BCUT2D eigenvalue weighted by molar-refractivity contribution is 14.1. The molecule has 1 aliphatic heterocycles. The number of aromatic nitrogens is 5. The molecule has 2 aromatic rings. The molecule has 0 saturated carbocycles. The lowest BCUT2D eigenvalue weighted by Gasteiger charge is -2.26. The fourth-order valence-electron chi connectivity index (χ4n) is 2.17. The summed E-state index contributed by atoms with van der Waals surface area (Å²) < 4.78 is 2.64. The molecule has 0 bridgehead atoms. The van der Waals surface area contributed by atoms with Crippen LogP contribution in [0.15, 0.2) is 12.4 Å². The average Bonchev–Trinajstić information content (AvgIpc) is 2.94. The van der Waals surface area contributed by atoms with Gasteiger partial charge < -0.3 is 4.90 Å². The predicted octanol–water partition coefficient (Wildman–Crippen LogP) is 0.938. The summed E-state index contributed by atoms with van der Waals surface area (Å²) in [7, 11) is 0. The van der Waals surface area contributed by atoms with Gasteiger partial charge in [-0.25, -0.2) is 10.5 Å². The first-order valence-corrected chi connectivity index (χ1v) is 7.52. The van der Waals surface area contributed by atoms with Crippen molar-refractivity contribution in [3.8, 4) is 5.95 Å². The summed E-state index contributed by atoms with van der Waals surface area (Å²) in [4.78, 5) is 15.2. The standard InChI is InChI=1S/C11H15IN8/c12-8-6-14-20(7-8)11-16-9(18-13)15-10(17-11)19-4-2-1-3-5-19/h6-7H,1-5,13H2,(H,15,16,17,18). The van der Waals surface area contributed by atoms with E-state index >= 15 is 0 Å². The second-order valence-electron chi connectivity index (χ2n) is 4.55. The summed E-state index contributed by atoms with van der Waals surface area (Å²) in [5.74, 6) is 6.91. The maximum Gasteiger partial charge on any atom is 0.257 e. The highest BCUT2D eigenvalue weighted by atomic mass is 127. The van der Waals surface area contributed by atoms with Crippen molar-refractivity contribution >= 4 is 34.5 Å². The van der Waals surface area contributed by atoms with E-state index in [0.717, 1.165) is 29.5 Å². The average molecular weight is 386 g/mol. The summed E-state index contributed by atoms with van der Waals surface area (Å²) in [6, 6.07) is 0. The van der Waals surface area contributed by atoms with E-state index in [1.807, 2.05) is 6.20 Å². The van der Waals surface area contributed by atoms with Crippen molar-refractivity contribution in [3.05, 3.63) is 16.0 Å². The Balaban J connectivity index is 1.97. The minimum absolute atomic E-state index is 0.348. The van der Waals surface area contributed by atoms with E-state index in [9.17, 15) is 0 Å². The fourth-order valence-corrected chi connectivity index (χ4v) is 2.55. The van der Waals surface area contributed by atoms with Gasteiger partial charge >= 0.3 is 0 Å². The van der Waals surface area contributed by atoms with Crippen LogP contribution in [0.1, 0.15) is 19.3 Å². The molecular formula is C11H15IN8. The summed E-state index contributed by atoms with van der Waals surface area (Å²) in [6.07, 6.45) is 7.18. The number of anilines is 2. The number of nitrogens with one attached hydrogen (secondary N) is 1. The number of hydrazine groups is 1. The van der Waals surface area contributed by atoms with Crippen molar-refractivity contribution in [2.45, 2.75) is 19.3 Å². The van der Waals surface area contributed by atoms with Crippen molar-refractivity contribution in [2.24, 2.45) is 5.84 Å². The Labute approximate surface area is 129 Å². The van der Waals surface area contributed by atoms with E-state index in [0.29, 0.717) is 17.8 Å². The highest BCUT2D eigenvalue weighted by Gasteiger charge is 2.17. The van der Waals surface area contributed by atoms with Gasteiger partial charge in [-0.1, -0.05) is 0 Å². The van der Waals surface area contributed by atoms with E-state index in [2.05, 4.69) is 53.0 Å². The first kappa shape index (κ1) is 13.5. The van der Waals surface area contributed by atoms with Gasteiger partial charge in [-0.15, -0.1) is 0 Å². The monoisotopic (exact) mass is 386 g/mol. The zero-order valence-electron chi connectivity index (χ0n) is 10.8. The highest BCUT2D eigenvalue weighted by Crippen LogP contribution is 2.18. The summed E-state index contributed by atoms with van der Waals surface area (Å²) in [5, 5.41) is 4.22. The van der Waals surface area contributed by atoms with Gasteiger partial charge in [-0.2, -0.15) is 20.1 Å². The third-order valence-corrected chi connectivity index (χ3v) is 3.69. The summed E-state index contributed by atoms with van der Waals surface area (Å²) >= 11 is 2.19. The van der Waals surface area contributed by atoms with Gasteiger partial charge in [0.05, 0.1) is 9.77 Å². The molecule has 3 rings (SSSR count). The molecule has 106 valence electrons. The van der Waals surface area contributed by atoms with Crippen LogP contribution in [0.3, 0.4) is 0 Å². The number of halogens is 1. The number of nitrogen functional groups attached to an aromatic ring is 1. The van der Waals surface area contributed by atoms with Crippen LogP contribution < -0.4 is 16.2 Å². The van der Waals surface area contributed by atoms with Gasteiger partial charge in [-0.3, -0.25) is 5.43 Å². The van der Waals surface area contributed by atoms with Gasteiger partial charge in [0, 0.05) is 19.3 Å². The van der Waals surface area contributed by atoms with Crippen molar-refractivity contribution in [1.29, 1.82) is 0 Å². The lowest BCUT2D eigenvalue weighted by Crippen LogP contribution is -2.32. The van der Waals surface area contributed by atoms with E-state index < -0.39 is 0 Å². The molecule has 0 aliphatic carbocycles. The van der Waals surface area contributed by atoms with Gasteiger partial charge in [0.15, 0.2) is 0 Å². The van der Waals surface area contributed by atoms with Crippen molar-refractivity contribution < 1.29 is 0 Å². The van der Waals surface area contributed by atoms with Crippen molar-refractivity contribution in [3.63, 3.8) is 0 Å². The largest absolute Gasteiger partial charge is 0.341 e. The SMILES string of the molecule is NNc1nc(N2CCCCC2)nc(-n2cc(I)cn2)n1. The molecule has 2 aromatic heterocycles. The smallest absolute Gasteiger partial charge is 0.257 e. The third kappa shape index (κ3) is 2.82. The molecule has 0 atom stereocenters. The zero-order chi connectivity index (χ0) is 13.9. The summed E-state index contributed by atoms with van der Waals surface area (Å²) in [5.41, 5.74) is 2.49. The Bertz CT molecular complexity index is 592. The number of hydrogen-bond donors (Lipinski definition) is 2. The van der Waals surface area contributed by atoms with Crippen LogP contribution in [0, 0.1) is 3.57 Å². The first-order valence-electron chi connectivity index (χ1n) is 6.44. The second-order valence-corrected chi connectivity index (χ2v) is 5.80. The first-order chi connectivity index (χ1) is 9.76. The lowest BCUT2D eigenvalue weighted by atomic mass is 10.1. The van der Waals surface area contributed by atoms with Crippen LogP contribution in [0.25, 0.3) is 5.95 Å². The number of hydrogen-bond acceptors (Lipinski definition) is 7. The minimum Gasteiger partial charge on any atom is -0.341 e. The minimum atomic E-state index is 0.348. The number of nitrogens with zero attached hydrogens (tertiary/aromatic N) is 6. The van der Waals surface area contributed by atoms with E-state index in [1.54, 1.807) is 10.9 Å². The number of rotatable bonds is 3. The molecule has 1 fully saturated rings. The maximum atomic E-state index is 5.45. The Morgan fingerprint density at radius 2 is 1.85 bits per heavy atom. The third-order valence-electron chi connectivity index (χ3n) is 3.14. The molecule has 9 heteroatoms. The molecular weight excluding hydrogens is 371 g/mol. The molecule has 20 heavy (non-hydrogen) atoms. The summed E-state index contributed by atoms with van der Waals surface area (Å²) in [6.45, 7) is 1.92. The molecule has 0 amide bonds. The van der Waals surface area contributed by atoms with Crippen LogP contribution in [-0.2, 0) is 0 Å². The Kier molecular flexibility index (Phi) is 3.96. The van der Waals surface area contributed by atoms with Crippen LogP contribution in [0.5, 0.6) is 0 Å². The van der Waals surface area contributed by atoms with Gasteiger partial charge in [0.2, 0.25) is 11.9 Å². The van der Waals surface area contributed by atoms with Gasteiger partial charge in [0.1, 0.15) is 0 Å². The molecule has 8 nitrogen and oxygen atoms in total. The molecule has 3 N–H and O–H groups in total. The molecule has 0 radical (unpaired) electrons. The lowest BCUT2D eigenvalue weighted by molar-refractivity contribution is 0.566. The van der Waals surface area contributed by atoms with Gasteiger partial charge in [-0.05, 0) is 41.9 Å². The topological polar surface area (TPSA) is 97.8 Å². The van der Waals surface area contributed by atoms with E-state index in [-0.39, 0.29) is 0 Å². The number of piperidine rings is 1. The molecule has 0 spiro atoms. The molecule has 1 saturated heterocycles. The maximum absolute atomic E-state index is 5.45. The van der Waals surface area contributed by atoms with E-state index in [4.69, 9.17) is 5.84 Å². The van der Waals surface area contributed by atoms with Crippen LogP contribution in [-0.4, -0.2) is 37.8 Å². The predicted molar refractivity (Wildman–Crippen MR) is 83.5 cm³/mol. The van der Waals surface area contributed by atoms with E-state index in [1.165, 1.54) is 6.42 Å².